The minimum Gasteiger partial charge on any atom is -0.381 e. The van der Waals surface area contributed by atoms with Crippen molar-refractivity contribution >= 4 is 5.95 Å². The number of halogens is 9. The highest BCUT2D eigenvalue weighted by atomic mass is 19.4. The monoisotopic (exact) mass is 652 g/mol. The summed E-state index contributed by atoms with van der Waals surface area (Å²) in [5, 5.41) is 11.6. The van der Waals surface area contributed by atoms with Gasteiger partial charge in [0.15, 0.2) is 0 Å². The van der Waals surface area contributed by atoms with Gasteiger partial charge in [-0.25, -0.2) is 0 Å². The van der Waals surface area contributed by atoms with Gasteiger partial charge in [0.2, 0.25) is 0 Å². The third-order valence-electron chi connectivity index (χ3n) is 7.80. The maximum atomic E-state index is 13.9. The molecule has 45 heavy (non-hydrogen) atoms. The van der Waals surface area contributed by atoms with Crippen LogP contribution in [-0.2, 0) is 43.4 Å². The van der Waals surface area contributed by atoms with E-state index in [0.29, 0.717) is 49.8 Å². The lowest BCUT2D eigenvalue weighted by Gasteiger charge is -2.34. The molecule has 1 atom stereocenters. The molecule has 1 unspecified atom stereocenters. The lowest BCUT2D eigenvalue weighted by atomic mass is 9.92. The van der Waals surface area contributed by atoms with Gasteiger partial charge in [-0.05, 0) is 84.5 Å². The molecule has 1 aromatic heterocycles. The summed E-state index contributed by atoms with van der Waals surface area (Å²) in [6.45, 7) is 2.84. The van der Waals surface area contributed by atoms with Gasteiger partial charge < -0.3 is 9.64 Å². The zero-order chi connectivity index (χ0) is 33.2. The first-order valence-corrected chi connectivity index (χ1v) is 14.2. The maximum Gasteiger partial charge on any atom is 0.416 e. The number of benzene rings is 2. The van der Waals surface area contributed by atoms with Gasteiger partial charge in [-0.2, -0.15) is 44.3 Å². The number of aromatic nitrogens is 4. The van der Waals surface area contributed by atoms with Crippen molar-refractivity contribution in [3.63, 3.8) is 0 Å². The number of tetrazole rings is 1. The van der Waals surface area contributed by atoms with Crippen LogP contribution >= 0.6 is 0 Å². The highest BCUT2D eigenvalue weighted by Crippen LogP contribution is 2.38. The summed E-state index contributed by atoms with van der Waals surface area (Å²) in [5.74, 6) is 0.134. The van der Waals surface area contributed by atoms with Crippen molar-refractivity contribution < 1.29 is 44.3 Å². The topological polar surface area (TPSA) is 59.3 Å². The molecule has 0 bridgehead atoms. The number of hydrogen-bond donors (Lipinski definition) is 0. The average molecular weight is 653 g/mol. The average Bonchev–Trinajstić information content (AvgIpc) is 3.39. The molecule has 0 spiro atoms. The lowest BCUT2D eigenvalue weighted by molar-refractivity contribution is -0.143. The van der Waals surface area contributed by atoms with Crippen LogP contribution in [0, 0.1) is 5.92 Å². The molecule has 4 rings (SSSR count). The molecule has 1 fully saturated rings. The van der Waals surface area contributed by atoms with Crippen LogP contribution in [0.15, 0.2) is 36.4 Å². The zero-order valence-electron chi connectivity index (χ0n) is 24.8. The summed E-state index contributed by atoms with van der Waals surface area (Å²) in [6.07, 6.45) is -12.7. The maximum absolute atomic E-state index is 13.9. The summed E-state index contributed by atoms with van der Waals surface area (Å²) in [7, 11) is 3.27. The van der Waals surface area contributed by atoms with Crippen molar-refractivity contribution in [3.05, 3.63) is 69.8 Å². The predicted octanol–water partition coefficient (Wildman–Crippen LogP) is 7.28. The summed E-state index contributed by atoms with van der Waals surface area (Å²) in [5.41, 5.74) is -3.66. The van der Waals surface area contributed by atoms with Crippen LogP contribution in [0.3, 0.4) is 0 Å². The minimum absolute atomic E-state index is 0.0133. The van der Waals surface area contributed by atoms with Crippen molar-refractivity contribution in [2.45, 2.75) is 63.8 Å². The number of nitrogens with zero attached hydrogens (tertiary/aromatic N) is 6. The Labute approximate surface area is 253 Å². The fourth-order valence-electron chi connectivity index (χ4n) is 5.61. The van der Waals surface area contributed by atoms with Gasteiger partial charge in [-0.1, -0.05) is 18.1 Å². The SMILES string of the molecule is CCC(c1ccc(C(F)(F)F)cc1CN(Cc1cc(C(F)(F)F)cc(C(F)(F)F)c1)c1nnn(C)n1)N(C)CC1CCOCC1. The zero-order valence-corrected chi connectivity index (χ0v) is 24.8. The Hall–Kier alpha value is -3.40. The van der Waals surface area contributed by atoms with Gasteiger partial charge in [0.1, 0.15) is 0 Å². The smallest absolute Gasteiger partial charge is 0.381 e. The van der Waals surface area contributed by atoms with Gasteiger partial charge in [0, 0.05) is 38.9 Å². The highest BCUT2D eigenvalue weighted by molar-refractivity contribution is 5.42. The van der Waals surface area contributed by atoms with Crippen LogP contribution in [-0.4, -0.2) is 51.9 Å². The van der Waals surface area contributed by atoms with Gasteiger partial charge in [-0.15, -0.1) is 5.10 Å². The van der Waals surface area contributed by atoms with Crippen LogP contribution < -0.4 is 4.90 Å². The molecule has 0 N–H and O–H groups in total. The van der Waals surface area contributed by atoms with E-state index in [1.54, 1.807) is 0 Å². The Balaban J connectivity index is 1.77. The number of anilines is 1. The second kappa shape index (κ2) is 13.5. The highest BCUT2D eigenvalue weighted by Gasteiger charge is 2.37. The van der Waals surface area contributed by atoms with Gasteiger partial charge >= 0.3 is 18.5 Å². The molecule has 1 saturated heterocycles. The molecular weight excluding hydrogens is 619 g/mol. The summed E-state index contributed by atoms with van der Waals surface area (Å²) in [6, 6.07) is 4.12. The molecule has 1 aliphatic rings. The fraction of sp³-hybridized carbons (Fsp3) is 0.552. The third-order valence-corrected chi connectivity index (χ3v) is 7.80. The molecule has 0 aliphatic carbocycles. The van der Waals surface area contributed by atoms with Crippen LogP contribution in [0.2, 0.25) is 0 Å². The number of rotatable bonds is 10. The van der Waals surface area contributed by atoms with Crippen molar-refractivity contribution in [2.24, 2.45) is 13.0 Å². The molecule has 0 saturated carbocycles. The van der Waals surface area contributed by atoms with E-state index in [1.807, 2.05) is 14.0 Å². The molecule has 7 nitrogen and oxygen atoms in total. The Morgan fingerprint density at radius 3 is 1.98 bits per heavy atom. The summed E-state index contributed by atoms with van der Waals surface area (Å²) >= 11 is 0. The first-order chi connectivity index (χ1) is 21.0. The van der Waals surface area contributed by atoms with Crippen LogP contribution in [0.4, 0.5) is 45.5 Å². The number of alkyl halides is 9. The molecule has 2 heterocycles. The Kier molecular flexibility index (Phi) is 10.4. The predicted molar refractivity (Wildman–Crippen MR) is 146 cm³/mol. The second-order valence-electron chi connectivity index (χ2n) is 11.2. The molecule has 248 valence electrons. The minimum atomic E-state index is -5.08. The van der Waals surface area contributed by atoms with E-state index in [2.05, 4.69) is 20.3 Å². The first kappa shape index (κ1) is 34.5. The van der Waals surface area contributed by atoms with Gasteiger partial charge in [-0.3, -0.25) is 4.90 Å². The Morgan fingerprint density at radius 2 is 1.47 bits per heavy atom. The first-order valence-electron chi connectivity index (χ1n) is 14.2. The normalized spacial score (nSPS) is 15.9. The third kappa shape index (κ3) is 8.87. The van der Waals surface area contributed by atoms with E-state index >= 15 is 0 Å². The van der Waals surface area contributed by atoms with Crippen molar-refractivity contribution in [1.29, 1.82) is 0 Å². The van der Waals surface area contributed by atoms with E-state index < -0.39 is 41.8 Å². The number of aryl methyl sites for hydroxylation is 1. The lowest BCUT2D eigenvalue weighted by Crippen LogP contribution is -2.33. The van der Waals surface area contributed by atoms with E-state index in [0.717, 1.165) is 29.8 Å². The van der Waals surface area contributed by atoms with Gasteiger partial charge in [0.05, 0.1) is 23.7 Å². The quantitative estimate of drug-likeness (QED) is 0.215. The number of hydrogen-bond acceptors (Lipinski definition) is 6. The summed E-state index contributed by atoms with van der Waals surface area (Å²) < 4.78 is 129. The Morgan fingerprint density at radius 1 is 0.867 bits per heavy atom. The Bertz CT molecular complexity index is 1400. The fourth-order valence-corrected chi connectivity index (χ4v) is 5.61. The van der Waals surface area contributed by atoms with E-state index in [4.69, 9.17) is 4.74 Å². The van der Waals surface area contributed by atoms with E-state index in [9.17, 15) is 39.5 Å². The van der Waals surface area contributed by atoms with E-state index in [1.165, 1.54) is 18.0 Å². The van der Waals surface area contributed by atoms with Crippen molar-refractivity contribution in [3.8, 4) is 0 Å². The molecule has 0 amide bonds. The molecular formula is C29H33F9N6O. The van der Waals surface area contributed by atoms with Crippen LogP contribution in [0.1, 0.15) is 65.6 Å². The van der Waals surface area contributed by atoms with E-state index in [-0.39, 0.29) is 35.7 Å². The van der Waals surface area contributed by atoms with Crippen LogP contribution in [0.25, 0.3) is 0 Å². The standard InChI is InChI=1S/C29H33F9N6O/c1-4-25(42(2)15-18-7-9-45-10-8-18)24-6-5-21(27(30,31)32)13-20(24)17-44(26-39-41-43(3)40-26)16-19-11-22(28(33,34)35)14-23(12-19)29(36,37)38/h5-6,11-14,18,25H,4,7-10,15-17H2,1-3H3. The summed E-state index contributed by atoms with van der Waals surface area (Å²) in [4.78, 5) is 4.29. The second-order valence-corrected chi connectivity index (χ2v) is 11.2. The van der Waals surface area contributed by atoms with Crippen LogP contribution in [0.5, 0.6) is 0 Å². The molecule has 2 aromatic carbocycles. The molecule has 0 radical (unpaired) electrons. The molecule has 16 heteroatoms. The largest absolute Gasteiger partial charge is 0.416 e. The van der Waals surface area contributed by atoms with Gasteiger partial charge in [0.25, 0.3) is 5.95 Å². The van der Waals surface area contributed by atoms with Crippen molar-refractivity contribution in [1.82, 2.24) is 25.1 Å². The van der Waals surface area contributed by atoms with Crippen molar-refractivity contribution in [2.75, 3.05) is 31.7 Å². The molecule has 1 aliphatic heterocycles. The number of ether oxygens (including phenoxy) is 1. The molecule has 3 aromatic rings.